The van der Waals surface area contributed by atoms with E-state index in [0.717, 1.165) is 0 Å². The van der Waals surface area contributed by atoms with E-state index in [1.165, 1.54) is 50.5 Å². The Morgan fingerprint density at radius 2 is 1.62 bits per heavy atom. The average Bonchev–Trinajstić information content (AvgIpc) is 2.55. The van der Waals surface area contributed by atoms with Crippen molar-refractivity contribution in [2.24, 2.45) is 5.41 Å². The van der Waals surface area contributed by atoms with Crippen molar-refractivity contribution < 1.29 is 0 Å². The highest BCUT2D eigenvalue weighted by molar-refractivity contribution is 5.57. The fourth-order valence-electron chi connectivity index (χ4n) is 3.34. The fourth-order valence-corrected chi connectivity index (χ4v) is 3.34. The number of hydrogen-bond acceptors (Lipinski definition) is 0. The zero-order valence-corrected chi connectivity index (χ0v) is 9.91. The third-order valence-electron chi connectivity index (χ3n) is 4.31. The summed E-state index contributed by atoms with van der Waals surface area (Å²) >= 11 is 0. The molecular formula is C16H20. The van der Waals surface area contributed by atoms with Crippen LogP contribution in [-0.4, -0.2) is 0 Å². The Morgan fingerprint density at radius 3 is 2.44 bits per heavy atom. The maximum atomic E-state index is 2.51. The second-order valence-electron chi connectivity index (χ2n) is 5.49. The van der Waals surface area contributed by atoms with Gasteiger partial charge in [0.05, 0.1) is 0 Å². The molecule has 0 unspecified atom stereocenters. The predicted molar refractivity (Wildman–Crippen MR) is 69.3 cm³/mol. The van der Waals surface area contributed by atoms with Gasteiger partial charge < -0.3 is 0 Å². The molecule has 0 radical (unpaired) electrons. The SMILES string of the molecule is C1=CC2(CCCCCC2)Cc2ccccc21. The molecule has 3 rings (SSSR count). The lowest BCUT2D eigenvalue weighted by Gasteiger charge is -2.33. The lowest BCUT2D eigenvalue weighted by Crippen LogP contribution is -2.23. The molecule has 1 aromatic rings. The maximum absolute atomic E-state index is 2.51. The van der Waals surface area contributed by atoms with Crippen LogP contribution in [0.2, 0.25) is 0 Å². The van der Waals surface area contributed by atoms with E-state index in [9.17, 15) is 0 Å². The first-order chi connectivity index (χ1) is 7.88. The summed E-state index contributed by atoms with van der Waals surface area (Å²) in [5.74, 6) is 0. The van der Waals surface area contributed by atoms with Crippen LogP contribution >= 0.6 is 0 Å². The minimum absolute atomic E-state index is 0.505. The molecule has 0 nitrogen and oxygen atoms in total. The minimum Gasteiger partial charge on any atom is -0.0774 e. The van der Waals surface area contributed by atoms with Gasteiger partial charge in [-0.1, -0.05) is 62.1 Å². The normalized spacial score (nSPS) is 22.8. The van der Waals surface area contributed by atoms with Crippen molar-refractivity contribution in [1.29, 1.82) is 0 Å². The van der Waals surface area contributed by atoms with Gasteiger partial charge in [0.25, 0.3) is 0 Å². The molecule has 2 aliphatic rings. The summed E-state index contributed by atoms with van der Waals surface area (Å²) < 4.78 is 0. The van der Waals surface area contributed by atoms with Crippen LogP contribution in [0.25, 0.3) is 6.08 Å². The summed E-state index contributed by atoms with van der Waals surface area (Å²) in [4.78, 5) is 0. The lowest BCUT2D eigenvalue weighted by atomic mass is 9.71. The van der Waals surface area contributed by atoms with Crippen molar-refractivity contribution >= 4 is 6.08 Å². The molecule has 0 amide bonds. The molecule has 0 saturated heterocycles. The van der Waals surface area contributed by atoms with Crippen molar-refractivity contribution in [1.82, 2.24) is 0 Å². The molecule has 84 valence electrons. The van der Waals surface area contributed by atoms with E-state index in [2.05, 4.69) is 36.4 Å². The van der Waals surface area contributed by atoms with Crippen LogP contribution in [0.1, 0.15) is 49.7 Å². The van der Waals surface area contributed by atoms with Crippen LogP contribution in [0.5, 0.6) is 0 Å². The largest absolute Gasteiger partial charge is 0.0774 e. The summed E-state index contributed by atoms with van der Waals surface area (Å²) in [6, 6.07) is 8.89. The second kappa shape index (κ2) is 4.08. The van der Waals surface area contributed by atoms with Gasteiger partial charge in [0.15, 0.2) is 0 Å². The van der Waals surface area contributed by atoms with Crippen LogP contribution < -0.4 is 0 Å². The third kappa shape index (κ3) is 1.81. The van der Waals surface area contributed by atoms with Crippen LogP contribution in [-0.2, 0) is 6.42 Å². The Balaban J connectivity index is 1.91. The second-order valence-corrected chi connectivity index (χ2v) is 5.49. The number of fused-ring (bicyclic) bond motifs is 1. The minimum atomic E-state index is 0.505. The van der Waals surface area contributed by atoms with Gasteiger partial charge in [-0.2, -0.15) is 0 Å². The standard InChI is InChI=1S/C16H20/c1-2-6-11-16(10-5-1)12-9-14-7-3-4-8-15(14)13-16/h3-4,7-9,12H,1-2,5-6,10-11,13H2. The van der Waals surface area contributed by atoms with Gasteiger partial charge in [-0.15, -0.1) is 0 Å². The highest BCUT2D eigenvalue weighted by Crippen LogP contribution is 2.42. The monoisotopic (exact) mass is 212 g/mol. The number of allylic oxidation sites excluding steroid dienone is 1. The molecule has 0 bridgehead atoms. The first-order valence-electron chi connectivity index (χ1n) is 6.65. The summed E-state index contributed by atoms with van der Waals surface area (Å²) in [6.07, 6.45) is 14.7. The summed E-state index contributed by atoms with van der Waals surface area (Å²) in [6.45, 7) is 0. The van der Waals surface area contributed by atoms with Crippen molar-refractivity contribution in [3.8, 4) is 0 Å². The van der Waals surface area contributed by atoms with Crippen LogP contribution in [0.4, 0.5) is 0 Å². The Morgan fingerprint density at radius 1 is 0.875 bits per heavy atom. The molecule has 1 saturated carbocycles. The van der Waals surface area contributed by atoms with Gasteiger partial charge in [-0.3, -0.25) is 0 Å². The molecule has 2 aliphatic carbocycles. The number of rotatable bonds is 0. The summed E-state index contributed by atoms with van der Waals surface area (Å²) in [7, 11) is 0. The van der Waals surface area contributed by atoms with Gasteiger partial charge in [0.2, 0.25) is 0 Å². The van der Waals surface area contributed by atoms with E-state index in [1.54, 1.807) is 5.56 Å². The Hall–Kier alpha value is -1.04. The predicted octanol–water partition coefficient (Wildman–Crippen LogP) is 4.60. The van der Waals surface area contributed by atoms with E-state index in [1.807, 2.05) is 0 Å². The fraction of sp³-hybridized carbons (Fsp3) is 0.500. The van der Waals surface area contributed by atoms with E-state index in [-0.39, 0.29) is 0 Å². The Bertz CT molecular complexity index is 392. The van der Waals surface area contributed by atoms with Gasteiger partial charge in [0, 0.05) is 0 Å². The van der Waals surface area contributed by atoms with Crippen molar-refractivity contribution in [3.63, 3.8) is 0 Å². The van der Waals surface area contributed by atoms with E-state index in [4.69, 9.17) is 0 Å². The molecule has 1 fully saturated rings. The topological polar surface area (TPSA) is 0 Å². The van der Waals surface area contributed by atoms with Crippen molar-refractivity contribution in [3.05, 3.63) is 41.5 Å². The highest BCUT2D eigenvalue weighted by atomic mass is 14.3. The first-order valence-corrected chi connectivity index (χ1v) is 6.65. The van der Waals surface area contributed by atoms with E-state index < -0.39 is 0 Å². The van der Waals surface area contributed by atoms with E-state index in [0.29, 0.717) is 5.41 Å². The number of benzene rings is 1. The third-order valence-corrected chi connectivity index (χ3v) is 4.31. The van der Waals surface area contributed by atoms with Gasteiger partial charge in [-0.05, 0) is 35.8 Å². The molecule has 16 heavy (non-hydrogen) atoms. The molecule has 0 atom stereocenters. The average molecular weight is 212 g/mol. The molecule has 1 aromatic carbocycles. The van der Waals surface area contributed by atoms with Crippen molar-refractivity contribution in [2.45, 2.75) is 44.9 Å². The maximum Gasteiger partial charge on any atom is -0.00743 e. The van der Waals surface area contributed by atoms with Crippen molar-refractivity contribution in [2.75, 3.05) is 0 Å². The zero-order chi connectivity index (χ0) is 10.8. The van der Waals surface area contributed by atoms with Crippen LogP contribution in [0.3, 0.4) is 0 Å². The van der Waals surface area contributed by atoms with Gasteiger partial charge in [-0.25, -0.2) is 0 Å². The molecule has 0 heterocycles. The highest BCUT2D eigenvalue weighted by Gasteiger charge is 2.30. The molecule has 0 aromatic heterocycles. The number of hydrogen-bond donors (Lipinski definition) is 0. The Labute approximate surface area is 98.4 Å². The first kappa shape index (κ1) is 10.1. The molecule has 0 heteroatoms. The smallest absolute Gasteiger partial charge is 0.00743 e. The molecule has 0 aliphatic heterocycles. The summed E-state index contributed by atoms with van der Waals surface area (Å²) in [5.41, 5.74) is 3.51. The zero-order valence-electron chi connectivity index (χ0n) is 9.91. The summed E-state index contributed by atoms with van der Waals surface area (Å²) in [5, 5.41) is 0. The molecule has 1 spiro atoms. The molecule has 0 N–H and O–H groups in total. The quantitative estimate of drug-likeness (QED) is 0.589. The molecular weight excluding hydrogens is 192 g/mol. The van der Waals surface area contributed by atoms with Gasteiger partial charge >= 0.3 is 0 Å². The van der Waals surface area contributed by atoms with Gasteiger partial charge in [0.1, 0.15) is 0 Å². The Kier molecular flexibility index (Phi) is 2.59. The van der Waals surface area contributed by atoms with Crippen LogP contribution in [0.15, 0.2) is 30.3 Å². The van der Waals surface area contributed by atoms with Crippen LogP contribution in [0, 0.1) is 5.41 Å². The van der Waals surface area contributed by atoms with E-state index >= 15 is 0 Å². The lowest BCUT2D eigenvalue weighted by molar-refractivity contribution is 0.325.